The third-order valence-electron chi connectivity index (χ3n) is 0. The number of hydrogen-bond donors (Lipinski definition) is 3. The van der Waals surface area contributed by atoms with E-state index in [9.17, 15) is 0 Å². The van der Waals surface area contributed by atoms with E-state index in [2.05, 4.69) is 0 Å². The first-order valence-electron chi connectivity index (χ1n) is 0.698. The number of halogens is 1. The fraction of sp³-hybridized carbons (Fsp3) is 0. The predicted octanol–water partition coefficient (Wildman–Crippen LogP) is -3.37. The van der Waals surface area contributed by atoms with Gasteiger partial charge in [-0.1, -0.05) is 0 Å². The van der Waals surface area contributed by atoms with Crippen LogP contribution >= 0.6 is 0 Å². The van der Waals surface area contributed by atoms with Crippen LogP contribution in [-0.4, -0.2) is 17.5 Å². The second-order valence-corrected chi connectivity index (χ2v) is 1.34. The van der Waals surface area contributed by atoms with Crippen molar-refractivity contribution in [3.05, 3.63) is 0 Å². The van der Waals surface area contributed by atoms with Crippen molar-refractivity contribution in [3.8, 4) is 0 Å². The van der Waals surface area contributed by atoms with E-state index < -0.39 is 10.4 Å². The Hall–Kier alpha value is -0.240. The average molecular weight is 135 g/mol. The predicted molar refractivity (Wildman–Crippen MR) is 20.3 cm³/mol. The van der Waals surface area contributed by atoms with Crippen LogP contribution in [0, 0.1) is 0 Å². The van der Waals surface area contributed by atoms with Gasteiger partial charge in [0, 0.05) is 0 Å². The van der Waals surface area contributed by atoms with Crippen LogP contribution in [0.5, 0.6) is 0 Å². The van der Waals surface area contributed by atoms with Crippen LogP contribution in [0.15, 0.2) is 0 Å². The van der Waals surface area contributed by atoms with E-state index in [1.807, 2.05) is 0 Å². The van der Waals surface area contributed by atoms with E-state index in [0.717, 1.165) is 0 Å². The maximum Gasteiger partial charge on any atom is 1.00 e. The first kappa shape index (κ1) is 15.9. The lowest BCUT2D eigenvalue weighted by Gasteiger charge is -1.68. The molecule has 0 fully saturated rings. The van der Waals surface area contributed by atoms with Gasteiger partial charge in [0.2, 0.25) is 0 Å². The molecule has 0 aliphatic rings. The molecule has 0 heterocycles. The molecule has 0 spiro atoms. The van der Waals surface area contributed by atoms with Crippen molar-refractivity contribution in [2.45, 2.75) is 0 Å². The lowest BCUT2D eigenvalue weighted by molar-refractivity contribution is -0.00000829. The van der Waals surface area contributed by atoms with E-state index in [1.54, 1.807) is 0 Å². The van der Waals surface area contributed by atoms with Crippen LogP contribution in [-0.2, 0) is 10.4 Å². The van der Waals surface area contributed by atoms with E-state index in [4.69, 9.17) is 17.5 Å². The van der Waals surface area contributed by atoms with Crippen molar-refractivity contribution < 1.29 is 23.7 Å². The summed E-state index contributed by atoms with van der Waals surface area (Å²) in [6.07, 6.45) is 0. The van der Waals surface area contributed by atoms with Gasteiger partial charge in [-0.3, -0.25) is 9.11 Å². The maximum absolute atomic E-state index is 8.74. The molecule has 0 amide bonds. The minimum absolute atomic E-state index is 0. The average Bonchev–Trinajstić information content (AvgIpc) is 0.722. The minimum Gasteiger partial charge on any atom is -1.00 e. The summed E-state index contributed by atoms with van der Waals surface area (Å²) in [7, 11) is -4.67. The molecule has 7 heavy (non-hydrogen) atoms. The second kappa shape index (κ2) is 3.93. The Morgan fingerprint density at radius 2 is 1.29 bits per heavy atom. The summed E-state index contributed by atoms with van der Waals surface area (Å²) < 4.78 is 31.6. The molecule has 0 aliphatic heterocycles. The molecular weight excluding hydrogens is 129 g/mol. The lowest BCUT2D eigenvalue weighted by Crippen LogP contribution is -3.00. The van der Waals surface area contributed by atoms with Crippen LogP contribution in [0.1, 0.15) is 1.43 Å². The first-order valence-corrected chi connectivity index (χ1v) is 2.10. The normalized spacial score (nSPS) is 8.29. The molecule has 0 unspecified atom stereocenters. The van der Waals surface area contributed by atoms with Gasteiger partial charge in [0.15, 0.2) is 0 Å². The number of rotatable bonds is 0. The maximum atomic E-state index is 8.74. The summed E-state index contributed by atoms with van der Waals surface area (Å²) in [4.78, 5) is 0. The molecule has 7 heteroatoms. The summed E-state index contributed by atoms with van der Waals surface area (Å²) in [6, 6.07) is 0. The topological polar surface area (TPSA) is 110 Å². The zero-order valence-electron chi connectivity index (χ0n) is 4.20. The Labute approximate surface area is 41.4 Å². The molecule has 48 valence electrons. The van der Waals surface area contributed by atoms with Gasteiger partial charge in [-0.05, 0) is 0 Å². The van der Waals surface area contributed by atoms with Gasteiger partial charge < -0.3 is 10.9 Å². The molecule has 0 radical (unpaired) electrons. The van der Waals surface area contributed by atoms with Crippen molar-refractivity contribution in [1.82, 2.24) is 6.15 Å². The molecule has 0 rings (SSSR count). The zero-order valence-corrected chi connectivity index (χ0v) is 4.02. The zero-order chi connectivity index (χ0) is 4.50. The molecule has 5 nitrogen and oxygen atoms in total. The number of hydrogen-bond acceptors (Lipinski definition) is 3. The van der Waals surface area contributed by atoms with Crippen LogP contribution in [0.3, 0.4) is 0 Å². The van der Waals surface area contributed by atoms with Gasteiger partial charge in [0.1, 0.15) is 0 Å². The van der Waals surface area contributed by atoms with Gasteiger partial charge in [0.05, 0.1) is 0 Å². The molecule has 0 aliphatic carbocycles. The highest BCUT2D eigenvalue weighted by Gasteiger charge is 1.84. The molecule has 0 aromatic heterocycles. The Balaban J connectivity index is -0.0000000267. The second-order valence-electron chi connectivity index (χ2n) is 0.448. The molecule has 0 aromatic carbocycles. The standard InChI is InChI=1S/FH.H3N.H2O4S/c;;1-5(2,3)4/h1H;1H3;(H2,1,2,3,4). The summed E-state index contributed by atoms with van der Waals surface area (Å²) in [5, 5.41) is 0. The highest BCUT2D eigenvalue weighted by molar-refractivity contribution is 7.79. The van der Waals surface area contributed by atoms with Crippen molar-refractivity contribution in [2.24, 2.45) is 0 Å². The van der Waals surface area contributed by atoms with Gasteiger partial charge in [-0.2, -0.15) is 8.42 Å². The molecule has 0 saturated heterocycles. The Morgan fingerprint density at radius 1 is 1.29 bits per heavy atom. The van der Waals surface area contributed by atoms with Gasteiger partial charge in [-0.25, -0.2) is 0 Å². The molecule has 0 atom stereocenters. The summed E-state index contributed by atoms with van der Waals surface area (Å²) >= 11 is 0. The Kier molecular flexibility index (Phi) is 8.91. The van der Waals surface area contributed by atoms with Crippen molar-refractivity contribution >= 4 is 10.4 Å². The summed E-state index contributed by atoms with van der Waals surface area (Å²) in [5.74, 6) is 0. The third kappa shape index (κ3) is 1410. The van der Waals surface area contributed by atoms with E-state index in [-0.39, 0.29) is 12.3 Å². The van der Waals surface area contributed by atoms with Crippen LogP contribution in [0.2, 0.25) is 0 Å². The monoisotopic (exact) mass is 135 g/mol. The van der Waals surface area contributed by atoms with Gasteiger partial charge in [-0.15, -0.1) is 0 Å². The quantitative estimate of drug-likeness (QED) is 0.300. The fourth-order valence-corrected chi connectivity index (χ4v) is 0. The van der Waals surface area contributed by atoms with Crippen molar-refractivity contribution in [2.75, 3.05) is 0 Å². The highest BCUT2D eigenvalue weighted by Crippen LogP contribution is 1.59. The van der Waals surface area contributed by atoms with E-state index in [0.29, 0.717) is 0 Å². The van der Waals surface area contributed by atoms with E-state index in [1.165, 1.54) is 0 Å². The SMILES string of the molecule is N.O=S(=O)(O)O.[F-].[H+]. The smallest absolute Gasteiger partial charge is 1.00 e. The molecule has 0 bridgehead atoms. The summed E-state index contributed by atoms with van der Waals surface area (Å²) in [5.41, 5.74) is 0. The Bertz CT molecular complexity index is 99.2. The first-order chi connectivity index (χ1) is 2.00. The van der Waals surface area contributed by atoms with Gasteiger partial charge in [0.25, 0.3) is 0 Å². The van der Waals surface area contributed by atoms with Crippen molar-refractivity contribution in [3.63, 3.8) is 0 Å². The summed E-state index contributed by atoms with van der Waals surface area (Å²) in [6.45, 7) is 0. The van der Waals surface area contributed by atoms with Crippen LogP contribution < -0.4 is 10.9 Å². The molecule has 0 saturated carbocycles. The van der Waals surface area contributed by atoms with E-state index >= 15 is 0 Å². The van der Waals surface area contributed by atoms with Crippen LogP contribution in [0.25, 0.3) is 0 Å². The Morgan fingerprint density at radius 3 is 1.29 bits per heavy atom. The molecule has 5 N–H and O–H groups in total. The largest absolute Gasteiger partial charge is 1.00 e. The molecule has 0 aromatic rings. The van der Waals surface area contributed by atoms with Crippen LogP contribution in [0.4, 0.5) is 0 Å². The molecular formula is H6FNO4S. The minimum atomic E-state index is -4.67. The third-order valence-corrected chi connectivity index (χ3v) is 0. The lowest BCUT2D eigenvalue weighted by atomic mass is 14.0. The van der Waals surface area contributed by atoms with Gasteiger partial charge >= 0.3 is 11.8 Å². The van der Waals surface area contributed by atoms with Crippen molar-refractivity contribution in [1.29, 1.82) is 0 Å². The highest BCUT2D eigenvalue weighted by atomic mass is 32.3. The fourth-order valence-electron chi connectivity index (χ4n) is 0.